The summed E-state index contributed by atoms with van der Waals surface area (Å²) in [4.78, 5) is 27.9. The average Bonchev–Trinajstić information content (AvgIpc) is 3.04. The van der Waals surface area contributed by atoms with Crippen LogP contribution in [0.3, 0.4) is 0 Å². The molecule has 0 saturated heterocycles. The number of nitrogens with one attached hydrogen (secondary N) is 4. The van der Waals surface area contributed by atoms with E-state index in [1.165, 1.54) is 44.6 Å². The van der Waals surface area contributed by atoms with Gasteiger partial charge in [-0.1, -0.05) is 48.5 Å². The van der Waals surface area contributed by atoms with Crippen LogP contribution in [-0.2, 0) is 13.0 Å². The normalized spacial score (nSPS) is 23.7. The molecule has 1 aromatic heterocycles. The lowest BCUT2D eigenvalue weighted by Gasteiger charge is -2.56. The number of aromatic nitrogens is 1. The van der Waals surface area contributed by atoms with Gasteiger partial charge in [-0.15, -0.1) is 0 Å². The second kappa shape index (κ2) is 13.3. The molecule has 4 aliphatic rings. The summed E-state index contributed by atoms with van der Waals surface area (Å²) in [7, 11) is 0. The quantitative estimate of drug-likeness (QED) is 0.119. The molecule has 4 aromatic rings. The van der Waals surface area contributed by atoms with Crippen LogP contribution in [0.25, 0.3) is 10.9 Å². The molecular weight excluding hydrogens is 576 g/mol. The molecule has 5 N–H and O–H groups in total. The lowest BCUT2D eigenvalue weighted by atomic mass is 9.49. The largest absolute Gasteiger partial charge is 0.487 e. The van der Waals surface area contributed by atoms with E-state index in [0.717, 1.165) is 58.5 Å². The highest BCUT2D eigenvalue weighted by Crippen LogP contribution is 2.59. The van der Waals surface area contributed by atoms with E-state index in [9.17, 15) is 14.7 Å². The number of fused-ring (bicyclic) bond motifs is 1. The maximum Gasteiger partial charge on any atom is 0.319 e. The molecule has 0 radical (unpaired) electrons. The first-order valence-electron chi connectivity index (χ1n) is 16.8. The molecule has 3 aromatic carbocycles. The van der Waals surface area contributed by atoms with Crippen molar-refractivity contribution >= 4 is 22.6 Å². The summed E-state index contributed by atoms with van der Waals surface area (Å²) in [5, 5.41) is 21.4. The molecule has 8 heteroatoms. The van der Waals surface area contributed by atoms with Gasteiger partial charge in [-0.2, -0.15) is 0 Å². The second-order valence-corrected chi connectivity index (χ2v) is 13.9. The molecule has 8 nitrogen and oxygen atoms in total. The molecule has 8 rings (SSSR count). The molecule has 4 aliphatic carbocycles. The highest BCUT2D eigenvalue weighted by molar-refractivity contribution is 5.89. The van der Waals surface area contributed by atoms with Gasteiger partial charge in [0, 0.05) is 30.2 Å². The number of hydrogen-bond donors (Lipinski definition) is 5. The highest BCUT2D eigenvalue weighted by Gasteiger charge is 2.50. The van der Waals surface area contributed by atoms with E-state index in [1.54, 1.807) is 12.1 Å². The SMILES string of the molecule is O=C(NCC12CC3CC(CC(C3)C1)C2)Nc1cccc(CCNC[C@H](O)c2ccc(OCc3ccccc3)c3[nH]c(=O)ccc23)c1. The van der Waals surface area contributed by atoms with Crippen molar-refractivity contribution in [2.24, 2.45) is 23.2 Å². The number of aromatic amines is 1. The number of rotatable bonds is 12. The number of amides is 2. The van der Waals surface area contributed by atoms with Crippen molar-refractivity contribution < 1.29 is 14.6 Å². The zero-order valence-corrected chi connectivity index (χ0v) is 26.3. The fourth-order valence-electron chi connectivity index (χ4n) is 8.73. The topological polar surface area (TPSA) is 115 Å². The zero-order valence-electron chi connectivity index (χ0n) is 26.3. The van der Waals surface area contributed by atoms with Crippen molar-refractivity contribution in [1.29, 1.82) is 0 Å². The van der Waals surface area contributed by atoms with Crippen molar-refractivity contribution in [1.82, 2.24) is 15.6 Å². The summed E-state index contributed by atoms with van der Waals surface area (Å²) in [6, 6.07) is 24.5. The van der Waals surface area contributed by atoms with Crippen LogP contribution in [-0.4, -0.2) is 35.8 Å². The first kappa shape index (κ1) is 30.5. The number of carbonyl (C=O) groups excluding carboxylic acids is 1. The first-order chi connectivity index (χ1) is 22.4. The average molecular weight is 621 g/mol. The molecular formula is C38H44N4O4. The Morgan fingerprint density at radius 3 is 2.41 bits per heavy atom. The molecule has 0 unspecified atom stereocenters. The van der Waals surface area contributed by atoms with E-state index in [1.807, 2.05) is 54.6 Å². The fraction of sp³-hybridized carbons (Fsp3) is 0.421. The van der Waals surface area contributed by atoms with Gasteiger partial charge in [0.15, 0.2) is 0 Å². The first-order valence-corrected chi connectivity index (χ1v) is 16.8. The third kappa shape index (κ3) is 6.98. The number of aliphatic hydroxyl groups is 1. The maximum absolute atomic E-state index is 12.8. The third-order valence-corrected chi connectivity index (χ3v) is 10.4. The van der Waals surface area contributed by atoms with E-state index in [0.29, 0.717) is 36.4 Å². The Labute approximate surface area is 270 Å². The molecule has 1 heterocycles. The molecule has 46 heavy (non-hydrogen) atoms. The molecule has 240 valence electrons. The van der Waals surface area contributed by atoms with Crippen LogP contribution in [0.15, 0.2) is 83.7 Å². The number of hydrogen-bond acceptors (Lipinski definition) is 5. The number of aliphatic hydroxyl groups excluding tert-OH is 1. The predicted octanol–water partition coefficient (Wildman–Crippen LogP) is 6.31. The standard InChI is InChI=1S/C38H44N4O4/c43-33(31-9-11-34(36-32(31)10-12-35(44)42-36)46-23-26-5-2-1-3-6-26)22-39-14-13-25-7-4-8-30(18-25)41-37(45)40-24-38-19-27-15-28(20-38)17-29(16-27)21-38/h1-12,18,27-29,33,39,43H,13-17,19-24H2,(H,42,44)(H2,40,41,45)/t27?,28?,29?,33-,38?/m0/s1. The minimum Gasteiger partial charge on any atom is -0.487 e. The Balaban J connectivity index is 0.900. The number of benzene rings is 3. The van der Waals surface area contributed by atoms with E-state index in [-0.39, 0.29) is 11.6 Å². The fourth-order valence-corrected chi connectivity index (χ4v) is 8.73. The Hall–Kier alpha value is -4.14. The van der Waals surface area contributed by atoms with Gasteiger partial charge in [0.1, 0.15) is 12.4 Å². The molecule has 1 atom stereocenters. The van der Waals surface area contributed by atoms with Crippen molar-refractivity contribution in [2.45, 2.75) is 57.7 Å². The van der Waals surface area contributed by atoms with Gasteiger partial charge in [-0.05, 0) is 116 Å². The van der Waals surface area contributed by atoms with Crippen molar-refractivity contribution in [2.75, 3.05) is 25.0 Å². The van der Waals surface area contributed by atoms with Crippen molar-refractivity contribution in [3.8, 4) is 5.75 Å². The van der Waals surface area contributed by atoms with Crippen LogP contribution in [0.4, 0.5) is 10.5 Å². The van der Waals surface area contributed by atoms with E-state index in [4.69, 9.17) is 4.74 Å². The Morgan fingerprint density at radius 1 is 0.913 bits per heavy atom. The van der Waals surface area contributed by atoms with Crippen LogP contribution in [0.1, 0.15) is 61.3 Å². The highest BCUT2D eigenvalue weighted by atomic mass is 16.5. The summed E-state index contributed by atoms with van der Waals surface area (Å²) < 4.78 is 6.04. The van der Waals surface area contributed by atoms with Gasteiger partial charge in [0.05, 0.1) is 11.6 Å². The number of ether oxygens (including phenoxy) is 1. The minimum absolute atomic E-state index is 0.126. The van der Waals surface area contributed by atoms with Gasteiger partial charge in [-0.3, -0.25) is 4.79 Å². The van der Waals surface area contributed by atoms with Gasteiger partial charge in [0.25, 0.3) is 0 Å². The van der Waals surface area contributed by atoms with Crippen LogP contribution in [0, 0.1) is 23.2 Å². The Kier molecular flexibility index (Phi) is 8.82. The molecule has 4 bridgehead atoms. The summed E-state index contributed by atoms with van der Waals surface area (Å²) in [5.41, 5.74) is 4.30. The number of urea groups is 1. The van der Waals surface area contributed by atoms with Gasteiger partial charge in [-0.25, -0.2) is 4.79 Å². The zero-order chi connectivity index (χ0) is 31.5. The molecule has 4 saturated carbocycles. The van der Waals surface area contributed by atoms with E-state index < -0.39 is 6.10 Å². The summed E-state index contributed by atoms with van der Waals surface area (Å²) >= 11 is 0. The van der Waals surface area contributed by atoms with Gasteiger partial charge < -0.3 is 30.8 Å². The van der Waals surface area contributed by atoms with Crippen LogP contribution in [0.5, 0.6) is 5.75 Å². The lowest BCUT2D eigenvalue weighted by Crippen LogP contribution is -2.51. The van der Waals surface area contributed by atoms with Gasteiger partial charge >= 0.3 is 6.03 Å². The van der Waals surface area contributed by atoms with Crippen molar-refractivity contribution in [3.63, 3.8) is 0 Å². The second-order valence-electron chi connectivity index (χ2n) is 13.9. The molecule has 0 spiro atoms. The number of carbonyl (C=O) groups is 1. The molecule has 0 aliphatic heterocycles. The van der Waals surface area contributed by atoms with E-state index >= 15 is 0 Å². The summed E-state index contributed by atoms with van der Waals surface area (Å²) in [5.74, 6) is 3.18. The minimum atomic E-state index is -0.776. The third-order valence-electron chi connectivity index (χ3n) is 10.4. The maximum atomic E-state index is 12.8. The van der Waals surface area contributed by atoms with Gasteiger partial charge in [0.2, 0.25) is 5.56 Å². The monoisotopic (exact) mass is 620 g/mol. The number of anilines is 1. The lowest BCUT2D eigenvalue weighted by molar-refractivity contribution is -0.0496. The summed E-state index contributed by atoms with van der Waals surface area (Å²) in [6.07, 6.45) is 8.02. The van der Waals surface area contributed by atoms with Crippen LogP contribution >= 0.6 is 0 Å². The van der Waals surface area contributed by atoms with Crippen LogP contribution < -0.4 is 26.2 Å². The smallest absolute Gasteiger partial charge is 0.319 e. The number of pyridine rings is 1. The molecule has 2 amide bonds. The Bertz CT molecular complexity index is 1700. The number of H-pyrrole nitrogens is 1. The van der Waals surface area contributed by atoms with Crippen molar-refractivity contribution in [3.05, 3.63) is 106 Å². The summed E-state index contributed by atoms with van der Waals surface area (Å²) in [6.45, 7) is 2.16. The molecule has 4 fully saturated rings. The Morgan fingerprint density at radius 2 is 1.65 bits per heavy atom. The van der Waals surface area contributed by atoms with E-state index in [2.05, 4.69) is 27.0 Å². The van der Waals surface area contributed by atoms with Crippen LogP contribution in [0.2, 0.25) is 0 Å². The predicted molar refractivity (Wildman–Crippen MR) is 181 cm³/mol.